The molecule has 1 aliphatic heterocycles. The zero-order valence-electron chi connectivity index (χ0n) is 16.0. The highest BCUT2D eigenvalue weighted by Gasteiger charge is 2.35. The Labute approximate surface area is 182 Å². The molecule has 0 radical (unpaired) electrons. The van der Waals surface area contributed by atoms with Gasteiger partial charge < -0.3 is 14.6 Å². The molecule has 2 aromatic rings. The van der Waals surface area contributed by atoms with E-state index in [4.69, 9.17) is 26.2 Å². The maximum Gasteiger partial charge on any atom is 0.306 e. The van der Waals surface area contributed by atoms with Crippen LogP contribution in [0, 0.1) is 0 Å². The normalized spacial score (nSPS) is 15.0. The summed E-state index contributed by atoms with van der Waals surface area (Å²) in [6.45, 7) is 0.174. The van der Waals surface area contributed by atoms with Gasteiger partial charge in [-0.2, -0.15) is 0 Å². The molecule has 1 N–H and O–H groups in total. The van der Waals surface area contributed by atoms with Gasteiger partial charge >= 0.3 is 5.97 Å². The number of aliphatic carboxylic acids is 1. The van der Waals surface area contributed by atoms with E-state index in [1.807, 2.05) is 0 Å². The van der Waals surface area contributed by atoms with Gasteiger partial charge in [-0.3, -0.25) is 19.3 Å². The molecule has 1 aliphatic rings. The molecule has 1 fully saturated rings. The Hall–Kier alpha value is -2.97. The van der Waals surface area contributed by atoms with Gasteiger partial charge in [-0.05, 0) is 53.2 Å². The van der Waals surface area contributed by atoms with Crippen molar-refractivity contribution in [3.63, 3.8) is 0 Å². The highest BCUT2D eigenvalue weighted by atomic mass is 35.5. The molecule has 2 aromatic carbocycles. The van der Waals surface area contributed by atoms with E-state index in [2.05, 4.69) is 0 Å². The summed E-state index contributed by atoms with van der Waals surface area (Å²) in [7, 11) is 1.46. The van der Waals surface area contributed by atoms with Gasteiger partial charge in [0, 0.05) is 5.02 Å². The summed E-state index contributed by atoms with van der Waals surface area (Å²) in [4.78, 5) is 37.1. The Morgan fingerprint density at radius 2 is 1.90 bits per heavy atom. The average molecular weight is 448 g/mol. The molecule has 2 amide bonds. The number of benzene rings is 2. The number of methoxy groups -OCH3 is 1. The summed E-state index contributed by atoms with van der Waals surface area (Å²) >= 11 is 6.74. The van der Waals surface area contributed by atoms with Crippen LogP contribution >= 0.6 is 23.4 Å². The molecule has 3 rings (SSSR count). The summed E-state index contributed by atoms with van der Waals surface area (Å²) in [5.41, 5.74) is 1.45. The first-order chi connectivity index (χ1) is 14.4. The van der Waals surface area contributed by atoms with E-state index in [-0.39, 0.29) is 30.7 Å². The highest BCUT2D eigenvalue weighted by Crippen LogP contribution is 2.35. The van der Waals surface area contributed by atoms with Crippen molar-refractivity contribution in [3.05, 3.63) is 63.5 Å². The van der Waals surface area contributed by atoms with E-state index >= 15 is 0 Å². The van der Waals surface area contributed by atoms with E-state index in [1.165, 1.54) is 12.0 Å². The van der Waals surface area contributed by atoms with Gasteiger partial charge in [-0.1, -0.05) is 29.8 Å². The number of carboxylic acids is 1. The van der Waals surface area contributed by atoms with E-state index in [0.717, 1.165) is 17.3 Å². The van der Waals surface area contributed by atoms with Crippen molar-refractivity contribution in [2.24, 2.45) is 0 Å². The van der Waals surface area contributed by atoms with Crippen molar-refractivity contribution in [1.82, 2.24) is 4.90 Å². The fourth-order valence-corrected chi connectivity index (χ4v) is 3.67. The number of carbonyl (C=O) groups is 3. The van der Waals surface area contributed by atoms with Gasteiger partial charge in [0.05, 0.1) is 31.6 Å². The van der Waals surface area contributed by atoms with Crippen molar-refractivity contribution in [2.45, 2.75) is 13.0 Å². The second kappa shape index (κ2) is 9.69. The lowest BCUT2D eigenvalue weighted by molar-refractivity contribution is -0.137. The third-order valence-electron chi connectivity index (χ3n) is 4.19. The smallest absolute Gasteiger partial charge is 0.306 e. The molecule has 1 heterocycles. The number of ether oxygens (including phenoxy) is 2. The number of carbonyl (C=O) groups excluding carboxylic acids is 2. The molecule has 156 valence electrons. The van der Waals surface area contributed by atoms with Crippen molar-refractivity contribution in [2.75, 3.05) is 13.7 Å². The molecule has 0 saturated carbocycles. The number of thioether (sulfide) groups is 1. The van der Waals surface area contributed by atoms with Crippen LogP contribution in [0.5, 0.6) is 11.5 Å². The number of imide groups is 1. The Bertz CT molecular complexity index is 1010. The quantitative estimate of drug-likeness (QED) is 0.598. The van der Waals surface area contributed by atoms with Gasteiger partial charge in [-0.25, -0.2) is 0 Å². The molecule has 30 heavy (non-hydrogen) atoms. The summed E-state index contributed by atoms with van der Waals surface area (Å²) in [6, 6.07) is 11.9. The second-order valence-corrected chi connectivity index (χ2v) is 7.73. The fraction of sp³-hybridized carbons (Fsp3) is 0.190. The van der Waals surface area contributed by atoms with Crippen molar-refractivity contribution < 1.29 is 29.0 Å². The van der Waals surface area contributed by atoms with Crippen LogP contribution in [0.3, 0.4) is 0 Å². The number of hydrogen-bond acceptors (Lipinski definition) is 6. The van der Waals surface area contributed by atoms with Gasteiger partial charge in [0.1, 0.15) is 0 Å². The maximum atomic E-state index is 12.7. The third kappa shape index (κ3) is 5.34. The average Bonchev–Trinajstić information content (AvgIpc) is 2.97. The summed E-state index contributed by atoms with van der Waals surface area (Å²) in [5.74, 6) is -0.540. The number of carboxylic acid groups (broad SMARTS) is 1. The zero-order valence-corrected chi connectivity index (χ0v) is 17.5. The van der Waals surface area contributed by atoms with Crippen molar-refractivity contribution >= 4 is 46.6 Å². The van der Waals surface area contributed by atoms with Gasteiger partial charge in [0.2, 0.25) is 0 Å². The minimum atomic E-state index is -0.958. The lowest BCUT2D eigenvalue weighted by Crippen LogP contribution is -2.27. The van der Waals surface area contributed by atoms with Gasteiger partial charge in [0.25, 0.3) is 11.1 Å². The van der Waals surface area contributed by atoms with Gasteiger partial charge in [-0.15, -0.1) is 0 Å². The summed E-state index contributed by atoms with van der Waals surface area (Å²) < 4.78 is 10.7. The molecule has 0 unspecified atom stereocenters. The Kier molecular flexibility index (Phi) is 7.02. The molecular weight excluding hydrogens is 430 g/mol. The standard InChI is InChI=1S/C21H18ClNO6S/c1-28-17-10-14(4-7-16(17)29-9-8-19(24)25)11-18-20(26)23(21(27)30-18)12-13-2-5-15(22)6-3-13/h2-7,10-11H,8-9,12H2,1H3,(H,24,25)/b18-11+. The minimum Gasteiger partial charge on any atom is -0.493 e. The molecule has 0 spiro atoms. The lowest BCUT2D eigenvalue weighted by atomic mass is 10.1. The molecule has 0 aliphatic carbocycles. The fourth-order valence-electron chi connectivity index (χ4n) is 2.70. The van der Waals surface area contributed by atoms with Crippen LogP contribution in [0.25, 0.3) is 6.08 Å². The predicted octanol–water partition coefficient (Wildman–Crippen LogP) is 4.44. The molecule has 0 aromatic heterocycles. The van der Waals surface area contributed by atoms with Crippen LogP contribution in [0.1, 0.15) is 17.5 Å². The van der Waals surface area contributed by atoms with E-state index in [9.17, 15) is 14.4 Å². The number of rotatable bonds is 8. The molecular formula is C21H18ClNO6S. The lowest BCUT2D eigenvalue weighted by Gasteiger charge is -2.12. The van der Waals surface area contributed by atoms with Crippen LogP contribution < -0.4 is 9.47 Å². The highest BCUT2D eigenvalue weighted by molar-refractivity contribution is 8.18. The minimum absolute atomic E-state index is 0.00856. The molecule has 9 heteroatoms. The number of amides is 2. The first-order valence-corrected chi connectivity index (χ1v) is 10.1. The number of nitrogens with zero attached hydrogens (tertiary/aromatic N) is 1. The maximum absolute atomic E-state index is 12.7. The third-order valence-corrected chi connectivity index (χ3v) is 5.35. The van der Waals surface area contributed by atoms with Crippen molar-refractivity contribution in [3.8, 4) is 11.5 Å². The summed E-state index contributed by atoms with van der Waals surface area (Å²) in [5, 5.41) is 8.94. The van der Waals surface area contributed by atoms with Crippen LogP contribution in [0.2, 0.25) is 5.02 Å². The largest absolute Gasteiger partial charge is 0.493 e. The van der Waals surface area contributed by atoms with Gasteiger partial charge in [0.15, 0.2) is 11.5 Å². The van der Waals surface area contributed by atoms with E-state index in [0.29, 0.717) is 27.0 Å². The second-order valence-electron chi connectivity index (χ2n) is 6.30. The summed E-state index contributed by atoms with van der Waals surface area (Å²) in [6.07, 6.45) is 1.47. The van der Waals surface area contributed by atoms with E-state index < -0.39 is 5.97 Å². The predicted molar refractivity (Wildman–Crippen MR) is 114 cm³/mol. The van der Waals surface area contributed by atoms with Crippen molar-refractivity contribution in [1.29, 1.82) is 0 Å². The first kappa shape index (κ1) is 21.7. The van der Waals surface area contributed by atoms with Crippen LogP contribution in [0.15, 0.2) is 47.4 Å². The molecule has 0 bridgehead atoms. The topological polar surface area (TPSA) is 93.1 Å². The Balaban J connectivity index is 1.74. The molecule has 1 saturated heterocycles. The first-order valence-electron chi connectivity index (χ1n) is 8.90. The number of hydrogen-bond donors (Lipinski definition) is 1. The van der Waals surface area contributed by atoms with Crippen LogP contribution in [-0.2, 0) is 16.1 Å². The SMILES string of the molecule is COc1cc(/C=C2/SC(=O)N(Cc3ccc(Cl)cc3)C2=O)ccc1OCCC(=O)O. The molecule has 0 atom stereocenters. The van der Waals surface area contributed by atoms with Crippen LogP contribution in [0.4, 0.5) is 4.79 Å². The van der Waals surface area contributed by atoms with E-state index in [1.54, 1.807) is 48.5 Å². The Morgan fingerprint density at radius 3 is 2.57 bits per heavy atom. The van der Waals surface area contributed by atoms with Crippen LogP contribution in [-0.4, -0.2) is 40.8 Å². The number of halogens is 1. The monoisotopic (exact) mass is 447 g/mol. The Morgan fingerprint density at radius 1 is 1.17 bits per heavy atom. The zero-order chi connectivity index (χ0) is 21.7. The molecule has 7 nitrogen and oxygen atoms in total.